The van der Waals surface area contributed by atoms with Crippen molar-refractivity contribution < 1.29 is 32.6 Å². The molecule has 208 valence electrons. The van der Waals surface area contributed by atoms with Gasteiger partial charge in [0.15, 0.2) is 0 Å². The van der Waals surface area contributed by atoms with Gasteiger partial charge in [0.25, 0.3) is 0 Å². The van der Waals surface area contributed by atoms with Crippen LogP contribution in [0.2, 0.25) is 5.02 Å². The predicted octanol–water partition coefficient (Wildman–Crippen LogP) is 5.43. The summed E-state index contributed by atoms with van der Waals surface area (Å²) in [6.45, 7) is 2.91. The molecular weight excluding hydrogens is 538 g/mol. The molecule has 0 saturated carbocycles. The second-order valence-electron chi connectivity index (χ2n) is 10.1. The Balaban J connectivity index is 1.79. The van der Waals surface area contributed by atoms with E-state index < -0.39 is 35.0 Å². The van der Waals surface area contributed by atoms with Gasteiger partial charge in [0, 0.05) is 29.7 Å². The van der Waals surface area contributed by atoms with Crippen LogP contribution in [0.5, 0.6) is 0 Å². The maximum Gasteiger partial charge on any atom is 0.416 e. The average molecular weight is 566 g/mol. The van der Waals surface area contributed by atoms with Crippen LogP contribution in [0, 0.1) is 5.82 Å². The molecule has 1 amide bonds. The van der Waals surface area contributed by atoms with E-state index in [-0.39, 0.29) is 24.8 Å². The topological polar surface area (TPSA) is 76.9 Å². The third kappa shape index (κ3) is 5.73. The van der Waals surface area contributed by atoms with Crippen LogP contribution in [0.1, 0.15) is 31.4 Å². The number of benzene rings is 2. The molecule has 1 saturated heterocycles. The van der Waals surface area contributed by atoms with Crippen LogP contribution >= 0.6 is 11.6 Å². The van der Waals surface area contributed by atoms with E-state index in [4.69, 9.17) is 11.6 Å². The van der Waals surface area contributed by atoms with Crippen molar-refractivity contribution in [3.8, 4) is 11.1 Å². The Bertz CT molecular complexity index is 1380. The second-order valence-corrected chi connectivity index (χ2v) is 10.5. The molecular formula is C28H28ClF4N3O3. The largest absolute Gasteiger partial charge is 0.416 e. The Morgan fingerprint density at radius 2 is 1.79 bits per heavy atom. The molecule has 1 aromatic heterocycles. The number of rotatable bonds is 6. The van der Waals surface area contributed by atoms with E-state index in [1.807, 2.05) is 0 Å². The van der Waals surface area contributed by atoms with Crippen molar-refractivity contribution in [2.24, 2.45) is 0 Å². The number of hydrogen-bond acceptors (Lipinski definition) is 5. The number of anilines is 2. The molecule has 11 heteroatoms. The van der Waals surface area contributed by atoms with Crippen molar-refractivity contribution in [2.45, 2.75) is 44.0 Å². The molecule has 1 fully saturated rings. The number of carbonyl (C=O) groups excluding carboxylic acids is 1. The number of pyridine rings is 1. The van der Waals surface area contributed by atoms with Gasteiger partial charge in [-0.1, -0.05) is 29.8 Å². The number of alkyl halides is 3. The quantitative estimate of drug-likeness (QED) is 0.390. The monoisotopic (exact) mass is 565 g/mol. The van der Waals surface area contributed by atoms with E-state index >= 15 is 0 Å². The van der Waals surface area contributed by atoms with Gasteiger partial charge < -0.3 is 20.0 Å². The van der Waals surface area contributed by atoms with Crippen molar-refractivity contribution in [3.63, 3.8) is 0 Å². The maximum atomic E-state index is 14.2. The van der Waals surface area contributed by atoms with Crippen molar-refractivity contribution in [1.29, 1.82) is 0 Å². The molecule has 1 aliphatic rings. The molecule has 2 heterocycles. The highest BCUT2D eigenvalue weighted by Gasteiger charge is 2.38. The lowest BCUT2D eigenvalue weighted by molar-refractivity contribution is -0.138. The van der Waals surface area contributed by atoms with Gasteiger partial charge >= 0.3 is 6.18 Å². The minimum atomic E-state index is -4.78. The van der Waals surface area contributed by atoms with E-state index in [9.17, 15) is 32.6 Å². The molecule has 6 nitrogen and oxygen atoms in total. The average Bonchev–Trinajstić information content (AvgIpc) is 3.27. The summed E-state index contributed by atoms with van der Waals surface area (Å²) in [6.07, 6.45) is -3.63. The third-order valence-electron chi connectivity index (χ3n) is 7.08. The van der Waals surface area contributed by atoms with E-state index in [0.717, 1.165) is 12.1 Å². The molecule has 2 N–H and O–H groups in total. The molecule has 0 spiro atoms. The van der Waals surface area contributed by atoms with Gasteiger partial charge in [0.1, 0.15) is 11.6 Å². The first-order valence-corrected chi connectivity index (χ1v) is 12.6. The van der Waals surface area contributed by atoms with Gasteiger partial charge in [-0.05, 0) is 56.2 Å². The molecule has 3 aromatic rings. The van der Waals surface area contributed by atoms with Gasteiger partial charge in [0.2, 0.25) is 5.91 Å². The van der Waals surface area contributed by atoms with Crippen molar-refractivity contribution in [2.75, 3.05) is 30.0 Å². The highest BCUT2D eigenvalue weighted by atomic mass is 35.5. The summed E-state index contributed by atoms with van der Waals surface area (Å²) in [4.78, 5) is 21.3. The summed E-state index contributed by atoms with van der Waals surface area (Å²) in [5, 5.41) is 20.3. The highest BCUT2D eigenvalue weighted by Crippen LogP contribution is 2.40. The van der Waals surface area contributed by atoms with Crippen LogP contribution in [0.25, 0.3) is 11.1 Å². The lowest BCUT2D eigenvalue weighted by Gasteiger charge is -2.32. The van der Waals surface area contributed by atoms with Gasteiger partial charge in [-0.2, -0.15) is 13.2 Å². The lowest BCUT2D eigenvalue weighted by Crippen LogP contribution is -2.42. The number of carbonyl (C=O) groups is 1. The molecule has 4 rings (SSSR count). The number of nitrogens with zero attached hydrogens (tertiary/aromatic N) is 3. The molecule has 1 aliphatic heterocycles. The van der Waals surface area contributed by atoms with E-state index in [2.05, 4.69) is 4.98 Å². The van der Waals surface area contributed by atoms with E-state index in [1.54, 1.807) is 35.2 Å². The minimum absolute atomic E-state index is 0.132. The summed E-state index contributed by atoms with van der Waals surface area (Å²) in [5.74, 6) is -1.25. The summed E-state index contributed by atoms with van der Waals surface area (Å²) < 4.78 is 54.3. The zero-order valence-corrected chi connectivity index (χ0v) is 22.3. The van der Waals surface area contributed by atoms with Crippen molar-refractivity contribution in [3.05, 3.63) is 76.7 Å². The maximum absolute atomic E-state index is 14.2. The van der Waals surface area contributed by atoms with Crippen molar-refractivity contribution >= 4 is 29.0 Å². The van der Waals surface area contributed by atoms with E-state index in [1.165, 1.54) is 32.0 Å². The standard InChI is InChI=1S/C28H28ClF4N3O3/c1-27(2,16-8-17(28(31,32)33)10-18(30)9-16)26(39)35(3)24-13-34-25(36-14-20(38)11-19(36)15-37)12-22(24)21-6-4-5-7-23(21)29/h4-10,12-13,19-20,37-38H,11,14-15H2,1-3H3. The Morgan fingerprint density at radius 3 is 2.44 bits per heavy atom. The molecule has 0 bridgehead atoms. The number of aliphatic hydroxyl groups excluding tert-OH is 2. The Kier molecular flexibility index (Phi) is 7.93. The first kappa shape index (κ1) is 28.8. The molecule has 2 atom stereocenters. The van der Waals surface area contributed by atoms with Crippen LogP contribution in [0.3, 0.4) is 0 Å². The first-order chi connectivity index (χ1) is 18.2. The lowest BCUT2D eigenvalue weighted by atomic mass is 9.82. The van der Waals surface area contributed by atoms with Crippen LogP contribution in [0.15, 0.2) is 54.7 Å². The number of hydrogen-bond donors (Lipinski definition) is 2. The fraction of sp³-hybridized carbons (Fsp3) is 0.357. The number of aromatic nitrogens is 1. The number of β-amino-alcohol motifs (C(OH)–C–C–N with tert-alkyl or cyclic N) is 1. The smallest absolute Gasteiger partial charge is 0.394 e. The Labute approximate surface area is 228 Å². The summed E-state index contributed by atoms with van der Waals surface area (Å²) in [6, 6.07) is 10.4. The van der Waals surface area contributed by atoms with Gasteiger partial charge in [-0.3, -0.25) is 4.79 Å². The van der Waals surface area contributed by atoms with Crippen LogP contribution < -0.4 is 9.80 Å². The normalized spacial score (nSPS) is 17.9. The third-order valence-corrected chi connectivity index (χ3v) is 7.41. The summed E-state index contributed by atoms with van der Waals surface area (Å²) >= 11 is 6.50. The molecule has 2 unspecified atom stereocenters. The van der Waals surface area contributed by atoms with Crippen LogP contribution in [-0.4, -0.2) is 53.4 Å². The predicted molar refractivity (Wildman–Crippen MR) is 141 cm³/mol. The number of amides is 1. The Hall–Kier alpha value is -3.21. The fourth-order valence-electron chi connectivity index (χ4n) is 4.87. The van der Waals surface area contributed by atoms with Crippen LogP contribution in [0.4, 0.5) is 29.1 Å². The fourth-order valence-corrected chi connectivity index (χ4v) is 5.11. The van der Waals surface area contributed by atoms with Gasteiger partial charge in [0.05, 0.1) is 41.6 Å². The molecule has 0 radical (unpaired) electrons. The zero-order chi connectivity index (χ0) is 28.7. The van der Waals surface area contributed by atoms with E-state index in [0.29, 0.717) is 40.1 Å². The number of likely N-dealkylation sites (N-methyl/N-ethyl adjacent to an activating group) is 1. The highest BCUT2D eigenvalue weighted by molar-refractivity contribution is 6.33. The number of aliphatic hydroxyl groups is 2. The number of halogens is 5. The van der Waals surface area contributed by atoms with Gasteiger partial charge in [-0.25, -0.2) is 9.37 Å². The SMILES string of the molecule is CN(C(=O)C(C)(C)c1cc(F)cc(C(F)(F)F)c1)c1cnc(N2CC(O)CC2CO)cc1-c1ccccc1Cl. The van der Waals surface area contributed by atoms with Crippen molar-refractivity contribution in [1.82, 2.24) is 4.98 Å². The first-order valence-electron chi connectivity index (χ1n) is 12.2. The molecule has 0 aliphatic carbocycles. The van der Waals surface area contributed by atoms with Crippen LogP contribution in [-0.2, 0) is 16.4 Å². The second kappa shape index (κ2) is 10.7. The van der Waals surface area contributed by atoms with Gasteiger partial charge in [-0.15, -0.1) is 0 Å². The molecule has 39 heavy (non-hydrogen) atoms. The Morgan fingerprint density at radius 1 is 1.13 bits per heavy atom. The molecule has 2 aromatic carbocycles. The summed E-state index contributed by atoms with van der Waals surface area (Å²) in [7, 11) is 1.46. The minimum Gasteiger partial charge on any atom is -0.394 e. The summed E-state index contributed by atoms with van der Waals surface area (Å²) in [5.41, 5.74) is -1.47. The zero-order valence-electron chi connectivity index (χ0n) is 21.5.